The molecule has 9 heteroatoms. The molecule has 0 saturated carbocycles. The number of aromatic amines is 1. The van der Waals surface area contributed by atoms with Crippen LogP contribution < -0.4 is 5.73 Å². The van der Waals surface area contributed by atoms with Crippen molar-refractivity contribution >= 4 is 21.0 Å². The third-order valence-corrected chi connectivity index (χ3v) is 8.08. The number of fused-ring (bicyclic) bond motifs is 1. The fourth-order valence-corrected chi connectivity index (χ4v) is 4.96. The van der Waals surface area contributed by atoms with E-state index in [0.29, 0.717) is 29.2 Å². The first-order chi connectivity index (χ1) is 16.9. The van der Waals surface area contributed by atoms with Crippen molar-refractivity contribution in [1.29, 1.82) is 0 Å². The Morgan fingerprint density at radius 1 is 1.03 bits per heavy atom. The Kier molecular flexibility index (Phi) is 5.96. The molecule has 0 fully saturated rings. The van der Waals surface area contributed by atoms with Gasteiger partial charge in [-0.05, 0) is 50.6 Å². The maximum Gasteiger partial charge on any atom is 0.180 e. The van der Waals surface area contributed by atoms with Crippen molar-refractivity contribution in [2.75, 3.05) is 6.54 Å². The molecule has 0 aliphatic carbocycles. The molecule has 0 aliphatic rings. The SMILES string of the molecule is CC(C)S(=O)(=O)c1ccc(-c2cnc3[nH]cc(-c4cc(-c5cccc(CCN)c5)no4)c3n2)cc1. The number of nitrogens with one attached hydrogen (secondary N) is 1. The number of hydrogen-bond acceptors (Lipinski definition) is 7. The Bertz CT molecular complexity index is 1600. The minimum Gasteiger partial charge on any atom is -0.356 e. The number of nitrogens with two attached hydrogens (primary N) is 1. The fraction of sp³-hybridized carbons (Fsp3) is 0.192. The standard InChI is InChI=1S/C26H25N5O3S/c1-16(2)35(32,33)20-8-6-18(7-9-20)23-15-29-26-25(30-23)21(14-28-26)24-13-22(31-34-24)19-5-3-4-17(12-19)10-11-27/h3-9,12-16H,10-11,27H2,1-2H3,(H,28,29). The molecule has 5 rings (SSSR count). The predicted molar refractivity (Wildman–Crippen MR) is 135 cm³/mol. The molecule has 0 bridgehead atoms. The van der Waals surface area contributed by atoms with E-state index in [-0.39, 0.29) is 4.90 Å². The molecule has 0 amide bonds. The van der Waals surface area contributed by atoms with Crippen molar-refractivity contribution < 1.29 is 12.9 Å². The molecular formula is C26H25N5O3S. The molecule has 0 saturated heterocycles. The van der Waals surface area contributed by atoms with Gasteiger partial charge in [0.15, 0.2) is 21.2 Å². The van der Waals surface area contributed by atoms with Gasteiger partial charge in [0.05, 0.1) is 27.6 Å². The van der Waals surface area contributed by atoms with Crippen LogP contribution in [-0.2, 0) is 16.3 Å². The highest BCUT2D eigenvalue weighted by molar-refractivity contribution is 7.92. The third-order valence-electron chi connectivity index (χ3n) is 5.91. The van der Waals surface area contributed by atoms with Crippen molar-refractivity contribution in [1.82, 2.24) is 20.1 Å². The van der Waals surface area contributed by atoms with E-state index in [1.54, 1.807) is 50.5 Å². The second-order valence-corrected chi connectivity index (χ2v) is 11.1. The molecule has 0 atom stereocenters. The second-order valence-electron chi connectivity index (χ2n) is 8.59. The summed E-state index contributed by atoms with van der Waals surface area (Å²) in [6.07, 6.45) is 4.24. The monoisotopic (exact) mass is 487 g/mol. The summed E-state index contributed by atoms with van der Waals surface area (Å²) in [4.78, 5) is 12.7. The first-order valence-corrected chi connectivity index (χ1v) is 12.9. The molecule has 0 unspecified atom stereocenters. The maximum absolute atomic E-state index is 12.4. The van der Waals surface area contributed by atoms with E-state index in [4.69, 9.17) is 15.2 Å². The van der Waals surface area contributed by atoms with E-state index in [9.17, 15) is 8.42 Å². The van der Waals surface area contributed by atoms with Crippen molar-refractivity contribution in [2.24, 2.45) is 5.73 Å². The normalized spacial score (nSPS) is 12.0. The average Bonchev–Trinajstić information content (AvgIpc) is 3.51. The van der Waals surface area contributed by atoms with Gasteiger partial charge in [0, 0.05) is 23.4 Å². The van der Waals surface area contributed by atoms with Gasteiger partial charge in [-0.1, -0.05) is 35.5 Å². The topological polar surface area (TPSA) is 128 Å². The van der Waals surface area contributed by atoms with Crippen molar-refractivity contribution in [3.05, 3.63) is 72.6 Å². The molecule has 0 radical (unpaired) electrons. The van der Waals surface area contributed by atoms with E-state index < -0.39 is 15.1 Å². The number of H-pyrrole nitrogens is 1. The van der Waals surface area contributed by atoms with E-state index in [2.05, 4.69) is 21.2 Å². The summed E-state index contributed by atoms with van der Waals surface area (Å²) in [5.74, 6) is 0.570. The molecule has 3 aromatic heterocycles. The van der Waals surface area contributed by atoms with Gasteiger partial charge in [0.25, 0.3) is 0 Å². The average molecular weight is 488 g/mol. The zero-order valence-electron chi connectivity index (χ0n) is 19.4. The van der Waals surface area contributed by atoms with Gasteiger partial charge in [0.2, 0.25) is 0 Å². The number of aromatic nitrogens is 4. The summed E-state index contributed by atoms with van der Waals surface area (Å²) in [7, 11) is -3.34. The quantitative estimate of drug-likeness (QED) is 0.342. The van der Waals surface area contributed by atoms with Gasteiger partial charge in [-0.25, -0.2) is 18.4 Å². The number of nitrogens with zero attached hydrogens (tertiary/aromatic N) is 3. The highest BCUT2D eigenvalue weighted by Crippen LogP contribution is 2.32. The number of sulfone groups is 1. The van der Waals surface area contributed by atoms with Crippen LogP contribution in [0.5, 0.6) is 0 Å². The van der Waals surface area contributed by atoms with Crippen LogP contribution in [0.2, 0.25) is 0 Å². The summed E-state index contributed by atoms with van der Waals surface area (Å²) in [6, 6.07) is 16.7. The first kappa shape index (κ1) is 22.9. The fourth-order valence-electron chi connectivity index (χ4n) is 3.90. The van der Waals surface area contributed by atoms with Gasteiger partial charge in [0.1, 0.15) is 11.2 Å². The van der Waals surface area contributed by atoms with Crippen LogP contribution in [0.25, 0.3) is 45.0 Å². The van der Waals surface area contributed by atoms with Crippen LogP contribution >= 0.6 is 0 Å². The predicted octanol–water partition coefficient (Wildman–Crippen LogP) is 4.63. The maximum atomic E-state index is 12.4. The summed E-state index contributed by atoms with van der Waals surface area (Å²) >= 11 is 0. The van der Waals surface area contributed by atoms with Crippen LogP contribution in [0.1, 0.15) is 19.4 Å². The van der Waals surface area contributed by atoms with Crippen molar-refractivity contribution in [2.45, 2.75) is 30.4 Å². The van der Waals surface area contributed by atoms with Crippen LogP contribution in [0.4, 0.5) is 0 Å². The lowest BCUT2D eigenvalue weighted by molar-refractivity contribution is 0.435. The second kappa shape index (κ2) is 9.09. The van der Waals surface area contributed by atoms with Gasteiger partial charge >= 0.3 is 0 Å². The molecule has 3 heterocycles. The lowest BCUT2D eigenvalue weighted by atomic mass is 10.1. The highest BCUT2D eigenvalue weighted by atomic mass is 32.2. The Morgan fingerprint density at radius 2 is 1.83 bits per heavy atom. The Labute approximate surface area is 203 Å². The summed E-state index contributed by atoms with van der Waals surface area (Å²) in [5, 5.41) is 3.77. The van der Waals surface area contributed by atoms with Crippen molar-refractivity contribution in [3.63, 3.8) is 0 Å². The summed E-state index contributed by atoms with van der Waals surface area (Å²) in [6.45, 7) is 3.92. The van der Waals surface area contributed by atoms with Crippen molar-refractivity contribution in [3.8, 4) is 33.8 Å². The van der Waals surface area contributed by atoms with Crippen LogP contribution in [-0.4, -0.2) is 40.3 Å². The number of rotatable bonds is 7. The van der Waals surface area contributed by atoms with Gasteiger partial charge < -0.3 is 15.2 Å². The zero-order chi connectivity index (χ0) is 24.6. The molecule has 0 aliphatic heterocycles. The minimum atomic E-state index is -3.34. The Morgan fingerprint density at radius 3 is 2.57 bits per heavy atom. The lowest BCUT2D eigenvalue weighted by Gasteiger charge is -2.08. The first-order valence-electron chi connectivity index (χ1n) is 11.3. The van der Waals surface area contributed by atoms with Gasteiger partial charge in [-0.15, -0.1) is 0 Å². The van der Waals surface area contributed by atoms with Gasteiger partial charge in [-0.3, -0.25) is 0 Å². The molecule has 3 N–H and O–H groups in total. The van der Waals surface area contributed by atoms with E-state index in [0.717, 1.165) is 34.4 Å². The highest BCUT2D eigenvalue weighted by Gasteiger charge is 2.20. The van der Waals surface area contributed by atoms with Crippen LogP contribution in [0.3, 0.4) is 0 Å². The zero-order valence-corrected chi connectivity index (χ0v) is 20.2. The molecule has 5 aromatic rings. The summed E-state index contributed by atoms with van der Waals surface area (Å²) in [5.41, 5.74) is 11.9. The minimum absolute atomic E-state index is 0.289. The van der Waals surface area contributed by atoms with Crippen LogP contribution in [0.15, 0.2) is 76.4 Å². The Hall–Kier alpha value is -3.82. The summed E-state index contributed by atoms with van der Waals surface area (Å²) < 4.78 is 30.5. The lowest BCUT2D eigenvalue weighted by Crippen LogP contribution is -2.13. The molecule has 178 valence electrons. The molecule has 0 spiro atoms. The molecule has 8 nitrogen and oxygen atoms in total. The smallest absolute Gasteiger partial charge is 0.180 e. The Balaban J connectivity index is 1.49. The molecule has 35 heavy (non-hydrogen) atoms. The van der Waals surface area contributed by atoms with E-state index in [1.165, 1.54) is 0 Å². The van der Waals surface area contributed by atoms with E-state index >= 15 is 0 Å². The van der Waals surface area contributed by atoms with E-state index in [1.807, 2.05) is 24.3 Å². The largest absolute Gasteiger partial charge is 0.356 e. The number of benzene rings is 2. The van der Waals surface area contributed by atoms with Crippen LogP contribution in [0, 0.1) is 0 Å². The number of hydrogen-bond donors (Lipinski definition) is 2. The molecular weight excluding hydrogens is 462 g/mol. The molecule has 2 aromatic carbocycles. The van der Waals surface area contributed by atoms with Gasteiger partial charge in [-0.2, -0.15) is 0 Å². The third kappa shape index (κ3) is 4.36.